The summed E-state index contributed by atoms with van der Waals surface area (Å²) in [5.74, 6) is -3.02. The van der Waals surface area contributed by atoms with Crippen LogP contribution in [0.5, 0.6) is 0 Å². The van der Waals surface area contributed by atoms with E-state index in [1.807, 2.05) is 32.0 Å². The molecule has 1 heterocycles. The van der Waals surface area contributed by atoms with Crippen molar-refractivity contribution in [2.75, 3.05) is 16.8 Å². The molecular formula is C26H24Cl2N2O5. The third-order valence-electron chi connectivity index (χ3n) is 7.41. The average molecular weight is 515 g/mol. The Morgan fingerprint density at radius 3 is 2.14 bits per heavy atom. The first-order valence-electron chi connectivity index (χ1n) is 11.5. The van der Waals surface area contributed by atoms with Gasteiger partial charge in [0.1, 0.15) is 0 Å². The highest BCUT2D eigenvalue weighted by molar-refractivity contribution is 6.32. The molecule has 0 spiro atoms. The van der Waals surface area contributed by atoms with Gasteiger partial charge in [-0.1, -0.05) is 24.3 Å². The third-order valence-corrected chi connectivity index (χ3v) is 8.73. The molecule has 1 N–H and O–H groups in total. The van der Waals surface area contributed by atoms with Gasteiger partial charge in [-0.25, -0.2) is 4.79 Å². The Hall–Kier alpha value is -2.90. The van der Waals surface area contributed by atoms with Crippen molar-refractivity contribution < 1.29 is 23.9 Å². The van der Waals surface area contributed by atoms with Gasteiger partial charge in [0.25, 0.3) is 5.91 Å². The number of alkyl halides is 2. The van der Waals surface area contributed by atoms with Crippen LogP contribution >= 0.6 is 23.2 Å². The molecule has 1 saturated heterocycles. The summed E-state index contributed by atoms with van der Waals surface area (Å²) in [5.41, 5.74) is 2.90. The molecule has 3 fully saturated rings. The SMILES string of the molecule is Cc1cccc(C)c1NC(=O)COC(=O)c1cccc(N2C(=O)[C@@H]3[C@H]4C[C@@H]([C@H](Cl)[C@@H]4Cl)[C@@H]3C2=O)c1. The third kappa shape index (κ3) is 3.91. The van der Waals surface area contributed by atoms with Crippen molar-refractivity contribution in [3.05, 3.63) is 59.2 Å². The first-order valence-corrected chi connectivity index (χ1v) is 12.4. The van der Waals surface area contributed by atoms with Crippen LogP contribution in [0.3, 0.4) is 0 Å². The van der Waals surface area contributed by atoms with Crippen LogP contribution in [0.1, 0.15) is 27.9 Å². The van der Waals surface area contributed by atoms with Gasteiger partial charge in [0.15, 0.2) is 6.61 Å². The van der Waals surface area contributed by atoms with Crippen molar-refractivity contribution in [1.82, 2.24) is 0 Å². The number of ether oxygens (including phenoxy) is 1. The van der Waals surface area contributed by atoms with Gasteiger partial charge in [0.2, 0.25) is 11.8 Å². The number of nitrogens with one attached hydrogen (secondary N) is 1. The van der Waals surface area contributed by atoms with E-state index in [1.165, 1.54) is 12.1 Å². The van der Waals surface area contributed by atoms with Gasteiger partial charge in [-0.2, -0.15) is 0 Å². The second-order valence-electron chi connectivity index (χ2n) is 9.46. The summed E-state index contributed by atoms with van der Waals surface area (Å²) in [6.45, 7) is 3.28. The smallest absolute Gasteiger partial charge is 0.338 e. The van der Waals surface area contributed by atoms with E-state index in [0.717, 1.165) is 16.0 Å². The fourth-order valence-electron chi connectivity index (χ4n) is 5.78. The molecule has 2 saturated carbocycles. The molecule has 3 amide bonds. The second-order valence-corrected chi connectivity index (χ2v) is 10.5. The molecule has 7 nitrogen and oxygen atoms in total. The second kappa shape index (κ2) is 8.95. The fraction of sp³-hybridized carbons (Fsp3) is 0.385. The number of para-hydroxylation sites is 1. The molecule has 2 aromatic rings. The molecule has 0 aromatic heterocycles. The van der Waals surface area contributed by atoms with Crippen molar-refractivity contribution in [3.63, 3.8) is 0 Å². The van der Waals surface area contributed by atoms with Crippen LogP contribution in [0.15, 0.2) is 42.5 Å². The highest BCUT2D eigenvalue weighted by Crippen LogP contribution is 2.59. The van der Waals surface area contributed by atoms with Gasteiger partial charge in [-0.15, -0.1) is 23.2 Å². The average Bonchev–Trinajstić information content (AvgIpc) is 3.44. The van der Waals surface area contributed by atoms with E-state index in [9.17, 15) is 19.2 Å². The summed E-state index contributed by atoms with van der Waals surface area (Å²) < 4.78 is 5.19. The number of carbonyl (C=O) groups excluding carboxylic acids is 4. The van der Waals surface area contributed by atoms with Crippen LogP contribution in [0, 0.1) is 37.5 Å². The van der Waals surface area contributed by atoms with E-state index < -0.39 is 30.3 Å². The largest absolute Gasteiger partial charge is 0.452 e. The molecule has 2 bridgehead atoms. The number of imide groups is 1. The number of carbonyl (C=O) groups is 4. The van der Waals surface area contributed by atoms with Crippen LogP contribution in [-0.4, -0.2) is 41.1 Å². The maximum absolute atomic E-state index is 13.2. The maximum atomic E-state index is 13.2. The monoisotopic (exact) mass is 514 g/mol. The number of benzene rings is 2. The Balaban J connectivity index is 1.27. The van der Waals surface area contributed by atoms with E-state index >= 15 is 0 Å². The summed E-state index contributed by atoms with van der Waals surface area (Å²) in [7, 11) is 0. The Bertz CT molecular complexity index is 1200. The lowest BCUT2D eigenvalue weighted by Gasteiger charge is -2.28. The molecule has 3 aliphatic rings. The number of hydrogen-bond donors (Lipinski definition) is 1. The molecule has 2 aromatic carbocycles. The standard InChI is InChI=1S/C26H24Cl2N2O5/c1-12-5-3-6-13(2)23(12)29-18(31)11-35-26(34)14-7-4-8-15(9-14)30-24(32)19-16-10-17(20(19)25(30)33)22(28)21(16)27/h3-9,16-17,19-22H,10-11H2,1-2H3,(H,29,31)/t16-,17-,19-,20+,21-,22+/m1/s1. The molecule has 0 unspecified atom stereocenters. The molecule has 6 atom stereocenters. The van der Waals surface area contributed by atoms with E-state index in [4.69, 9.17) is 27.9 Å². The molecule has 1 aliphatic heterocycles. The number of aryl methyl sites for hydroxylation is 2. The van der Waals surface area contributed by atoms with E-state index in [0.29, 0.717) is 17.8 Å². The van der Waals surface area contributed by atoms with Crippen molar-refractivity contribution in [1.29, 1.82) is 0 Å². The zero-order valence-electron chi connectivity index (χ0n) is 19.2. The predicted molar refractivity (Wildman–Crippen MR) is 132 cm³/mol. The lowest BCUT2D eigenvalue weighted by molar-refractivity contribution is -0.123. The number of anilines is 2. The molecule has 2 aliphatic carbocycles. The molecule has 9 heteroatoms. The lowest BCUT2D eigenvalue weighted by atomic mass is 9.80. The summed E-state index contributed by atoms with van der Waals surface area (Å²) in [4.78, 5) is 52.5. The molecule has 182 valence electrons. The Morgan fingerprint density at radius 2 is 1.54 bits per heavy atom. The fourth-order valence-corrected chi connectivity index (χ4v) is 6.67. The summed E-state index contributed by atoms with van der Waals surface area (Å²) >= 11 is 12.8. The summed E-state index contributed by atoms with van der Waals surface area (Å²) in [6.07, 6.45) is 0.680. The number of fused-ring (bicyclic) bond motifs is 5. The minimum atomic E-state index is -0.732. The lowest BCUT2D eigenvalue weighted by Crippen LogP contribution is -2.37. The first kappa shape index (κ1) is 23.8. The predicted octanol–water partition coefficient (Wildman–Crippen LogP) is 4.07. The number of halogens is 2. The van der Waals surface area contributed by atoms with Crippen LogP contribution in [-0.2, 0) is 19.1 Å². The van der Waals surface area contributed by atoms with Gasteiger partial charge in [-0.3, -0.25) is 19.3 Å². The normalized spacial score (nSPS) is 28.9. The van der Waals surface area contributed by atoms with Crippen LogP contribution in [0.25, 0.3) is 0 Å². The maximum Gasteiger partial charge on any atom is 0.338 e. The number of rotatable bonds is 5. The zero-order valence-corrected chi connectivity index (χ0v) is 20.7. The van der Waals surface area contributed by atoms with E-state index in [-0.39, 0.29) is 40.0 Å². The Morgan fingerprint density at radius 1 is 0.971 bits per heavy atom. The van der Waals surface area contributed by atoms with Gasteiger partial charge in [-0.05, 0) is 61.4 Å². The van der Waals surface area contributed by atoms with Crippen LogP contribution in [0.4, 0.5) is 11.4 Å². The number of hydrogen-bond acceptors (Lipinski definition) is 5. The van der Waals surface area contributed by atoms with Gasteiger partial charge in [0.05, 0.1) is 33.8 Å². The molecule has 0 radical (unpaired) electrons. The zero-order chi connectivity index (χ0) is 25.0. The number of nitrogens with zero attached hydrogens (tertiary/aromatic N) is 1. The van der Waals surface area contributed by atoms with E-state index in [1.54, 1.807) is 12.1 Å². The summed E-state index contributed by atoms with van der Waals surface area (Å²) in [5, 5.41) is 2.09. The highest BCUT2D eigenvalue weighted by Gasteiger charge is 2.66. The minimum absolute atomic E-state index is 0.126. The highest BCUT2D eigenvalue weighted by atomic mass is 35.5. The van der Waals surface area contributed by atoms with Crippen molar-refractivity contribution in [3.8, 4) is 0 Å². The van der Waals surface area contributed by atoms with Crippen molar-refractivity contribution in [2.45, 2.75) is 31.0 Å². The minimum Gasteiger partial charge on any atom is -0.452 e. The Kier molecular flexibility index (Phi) is 6.09. The topological polar surface area (TPSA) is 92.8 Å². The van der Waals surface area contributed by atoms with Crippen molar-refractivity contribution in [2.24, 2.45) is 23.7 Å². The van der Waals surface area contributed by atoms with Gasteiger partial charge in [0, 0.05) is 5.69 Å². The molecular weight excluding hydrogens is 491 g/mol. The Labute approximate surface area is 212 Å². The molecule has 5 rings (SSSR count). The van der Waals surface area contributed by atoms with Crippen LogP contribution in [0.2, 0.25) is 0 Å². The number of esters is 1. The first-order chi connectivity index (χ1) is 16.7. The summed E-state index contributed by atoms with van der Waals surface area (Å²) in [6, 6.07) is 11.8. The molecule has 35 heavy (non-hydrogen) atoms. The van der Waals surface area contributed by atoms with Crippen LogP contribution < -0.4 is 10.2 Å². The van der Waals surface area contributed by atoms with Gasteiger partial charge >= 0.3 is 5.97 Å². The number of amides is 3. The quantitative estimate of drug-likeness (QED) is 0.368. The van der Waals surface area contributed by atoms with Crippen molar-refractivity contribution >= 4 is 58.3 Å². The van der Waals surface area contributed by atoms with E-state index in [2.05, 4.69) is 5.32 Å². The van der Waals surface area contributed by atoms with Gasteiger partial charge < -0.3 is 10.1 Å².